The van der Waals surface area contributed by atoms with E-state index >= 15 is 0 Å². The molecule has 0 N–H and O–H groups in total. The highest BCUT2D eigenvalue weighted by atomic mass is 16.5. The Bertz CT molecular complexity index is 1140. The second-order valence-corrected chi connectivity index (χ2v) is 6.16. The number of nitrogens with zero attached hydrogens (tertiary/aromatic N) is 4. The van der Waals surface area contributed by atoms with Crippen molar-refractivity contribution in [2.75, 3.05) is 7.11 Å². The van der Waals surface area contributed by atoms with E-state index in [0.717, 1.165) is 22.6 Å². The molecular formula is C20H18N4O2. The van der Waals surface area contributed by atoms with E-state index in [0.29, 0.717) is 16.6 Å². The summed E-state index contributed by atoms with van der Waals surface area (Å²) >= 11 is 0. The van der Waals surface area contributed by atoms with Crippen LogP contribution in [0.3, 0.4) is 0 Å². The SMILES string of the molecule is COc1ccc(-n2nc(-c3ccc(C)cc3)c3c(=O)n(C)ncc32)cc1. The first-order valence-electron chi connectivity index (χ1n) is 8.25. The topological polar surface area (TPSA) is 61.9 Å². The lowest BCUT2D eigenvalue weighted by molar-refractivity contribution is 0.414. The van der Waals surface area contributed by atoms with Crippen molar-refractivity contribution in [3.63, 3.8) is 0 Å². The zero-order valence-corrected chi connectivity index (χ0v) is 14.8. The van der Waals surface area contributed by atoms with Crippen molar-refractivity contribution >= 4 is 10.9 Å². The third kappa shape index (κ3) is 2.56. The summed E-state index contributed by atoms with van der Waals surface area (Å²) in [6.07, 6.45) is 1.67. The second-order valence-electron chi connectivity index (χ2n) is 6.16. The van der Waals surface area contributed by atoms with Gasteiger partial charge in [-0.25, -0.2) is 9.36 Å². The minimum Gasteiger partial charge on any atom is -0.497 e. The van der Waals surface area contributed by atoms with Crippen molar-refractivity contribution in [2.45, 2.75) is 6.92 Å². The number of ether oxygens (including phenoxy) is 1. The lowest BCUT2D eigenvalue weighted by Crippen LogP contribution is -2.19. The average Bonchev–Trinajstić information content (AvgIpc) is 3.05. The highest BCUT2D eigenvalue weighted by Gasteiger charge is 2.18. The molecule has 0 fully saturated rings. The molecule has 0 atom stereocenters. The van der Waals surface area contributed by atoms with Crippen molar-refractivity contribution in [3.8, 4) is 22.7 Å². The number of hydrogen-bond donors (Lipinski definition) is 0. The molecule has 0 aliphatic carbocycles. The van der Waals surface area contributed by atoms with Gasteiger partial charge in [-0.3, -0.25) is 4.79 Å². The summed E-state index contributed by atoms with van der Waals surface area (Å²) in [4.78, 5) is 12.8. The molecule has 0 amide bonds. The van der Waals surface area contributed by atoms with Gasteiger partial charge in [-0.2, -0.15) is 10.2 Å². The molecule has 0 saturated heterocycles. The van der Waals surface area contributed by atoms with Crippen LogP contribution in [0.25, 0.3) is 27.8 Å². The van der Waals surface area contributed by atoms with E-state index in [4.69, 9.17) is 9.84 Å². The molecule has 26 heavy (non-hydrogen) atoms. The summed E-state index contributed by atoms with van der Waals surface area (Å²) in [7, 11) is 3.27. The first-order valence-corrected chi connectivity index (χ1v) is 8.25. The molecule has 0 aliphatic heterocycles. The number of rotatable bonds is 3. The first kappa shape index (κ1) is 16.1. The molecule has 2 aromatic heterocycles. The van der Waals surface area contributed by atoms with Crippen LogP contribution in [0.4, 0.5) is 0 Å². The maximum atomic E-state index is 12.8. The van der Waals surface area contributed by atoms with Crippen LogP contribution in [0.5, 0.6) is 5.75 Å². The third-order valence-corrected chi connectivity index (χ3v) is 4.42. The van der Waals surface area contributed by atoms with Crippen molar-refractivity contribution in [2.24, 2.45) is 7.05 Å². The van der Waals surface area contributed by atoms with Crippen molar-refractivity contribution in [1.29, 1.82) is 0 Å². The molecule has 6 heteroatoms. The molecule has 0 unspecified atom stereocenters. The van der Waals surface area contributed by atoms with Crippen LogP contribution >= 0.6 is 0 Å². The van der Waals surface area contributed by atoms with E-state index in [2.05, 4.69) is 5.10 Å². The van der Waals surface area contributed by atoms with Gasteiger partial charge in [0.1, 0.15) is 17.0 Å². The lowest BCUT2D eigenvalue weighted by Gasteiger charge is -2.05. The van der Waals surface area contributed by atoms with Gasteiger partial charge in [0.25, 0.3) is 5.56 Å². The van der Waals surface area contributed by atoms with Crippen molar-refractivity contribution in [1.82, 2.24) is 19.6 Å². The number of fused-ring (bicyclic) bond motifs is 1. The Kier molecular flexibility index (Phi) is 3.80. The molecule has 0 saturated carbocycles. The average molecular weight is 346 g/mol. The van der Waals surface area contributed by atoms with E-state index in [9.17, 15) is 4.79 Å². The van der Waals surface area contributed by atoms with Gasteiger partial charge in [0.2, 0.25) is 0 Å². The van der Waals surface area contributed by atoms with Gasteiger partial charge in [0.05, 0.1) is 24.4 Å². The maximum absolute atomic E-state index is 12.8. The predicted octanol–water partition coefficient (Wildman–Crippen LogP) is 3.10. The van der Waals surface area contributed by atoms with Gasteiger partial charge in [-0.1, -0.05) is 29.8 Å². The molecule has 130 valence electrons. The van der Waals surface area contributed by atoms with Gasteiger partial charge >= 0.3 is 0 Å². The van der Waals surface area contributed by atoms with Crippen molar-refractivity contribution in [3.05, 3.63) is 70.6 Å². The monoisotopic (exact) mass is 346 g/mol. The molecule has 0 spiro atoms. The minimum absolute atomic E-state index is 0.169. The van der Waals surface area contributed by atoms with Crippen LogP contribution in [-0.2, 0) is 7.05 Å². The minimum atomic E-state index is -0.169. The molecule has 4 rings (SSSR count). The van der Waals surface area contributed by atoms with Gasteiger partial charge < -0.3 is 4.74 Å². The fourth-order valence-corrected chi connectivity index (χ4v) is 2.95. The first-order chi connectivity index (χ1) is 12.6. The molecule has 2 aromatic carbocycles. The number of benzene rings is 2. The van der Waals surface area contributed by atoms with E-state index < -0.39 is 0 Å². The summed E-state index contributed by atoms with van der Waals surface area (Å²) in [6.45, 7) is 2.03. The Morgan fingerprint density at radius 2 is 1.69 bits per heavy atom. The summed E-state index contributed by atoms with van der Waals surface area (Å²) < 4.78 is 8.30. The van der Waals surface area contributed by atoms with Gasteiger partial charge in [0, 0.05) is 12.6 Å². The predicted molar refractivity (Wildman–Crippen MR) is 101 cm³/mol. The largest absolute Gasteiger partial charge is 0.497 e. The highest BCUT2D eigenvalue weighted by molar-refractivity contribution is 5.93. The summed E-state index contributed by atoms with van der Waals surface area (Å²) in [5.41, 5.74) is 4.05. The quantitative estimate of drug-likeness (QED) is 0.572. The van der Waals surface area contributed by atoms with Crippen LogP contribution in [0.15, 0.2) is 59.5 Å². The van der Waals surface area contributed by atoms with Gasteiger partial charge in [-0.05, 0) is 31.2 Å². The summed E-state index contributed by atoms with van der Waals surface area (Å²) in [5.74, 6) is 0.762. The van der Waals surface area contributed by atoms with Crippen LogP contribution < -0.4 is 10.3 Å². The number of aryl methyl sites for hydroxylation is 2. The Balaban J connectivity index is 2.01. The number of methoxy groups -OCH3 is 1. The van der Waals surface area contributed by atoms with Crippen molar-refractivity contribution < 1.29 is 4.74 Å². The Morgan fingerprint density at radius 1 is 1.00 bits per heavy atom. The highest BCUT2D eigenvalue weighted by Crippen LogP contribution is 2.28. The number of hydrogen-bond acceptors (Lipinski definition) is 4. The number of aromatic nitrogens is 4. The Morgan fingerprint density at radius 3 is 2.35 bits per heavy atom. The van der Waals surface area contributed by atoms with Crippen LogP contribution in [0.1, 0.15) is 5.56 Å². The standard InChI is InChI=1S/C20H18N4O2/c1-13-4-6-14(7-5-13)19-18-17(12-21-23(2)20(18)25)24(22-19)15-8-10-16(26-3)11-9-15/h4-12H,1-3H3. The maximum Gasteiger partial charge on any atom is 0.278 e. The van der Waals surface area contributed by atoms with Crippen LogP contribution in [0.2, 0.25) is 0 Å². The normalized spacial score (nSPS) is 11.0. The zero-order chi connectivity index (χ0) is 18.3. The van der Waals surface area contributed by atoms with Gasteiger partial charge in [0.15, 0.2) is 0 Å². The zero-order valence-electron chi connectivity index (χ0n) is 14.8. The van der Waals surface area contributed by atoms with E-state index in [1.807, 2.05) is 55.5 Å². The van der Waals surface area contributed by atoms with E-state index in [1.165, 1.54) is 4.68 Å². The molecule has 0 bridgehead atoms. The fraction of sp³-hybridized carbons (Fsp3) is 0.150. The van der Waals surface area contributed by atoms with Crippen LogP contribution in [-0.4, -0.2) is 26.7 Å². The molecular weight excluding hydrogens is 328 g/mol. The smallest absolute Gasteiger partial charge is 0.278 e. The van der Waals surface area contributed by atoms with Gasteiger partial charge in [-0.15, -0.1) is 0 Å². The summed E-state index contributed by atoms with van der Waals surface area (Å²) in [5, 5.41) is 9.46. The molecule has 6 nitrogen and oxygen atoms in total. The molecule has 0 aliphatic rings. The molecule has 0 radical (unpaired) electrons. The Hall–Kier alpha value is -3.41. The third-order valence-electron chi connectivity index (χ3n) is 4.42. The Labute approximate surface area is 150 Å². The van der Waals surface area contributed by atoms with E-state index in [-0.39, 0.29) is 5.56 Å². The molecule has 4 aromatic rings. The second kappa shape index (κ2) is 6.15. The fourth-order valence-electron chi connectivity index (χ4n) is 2.95. The summed E-state index contributed by atoms with van der Waals surface area (Å²) in [6, 6.07) is 15.5. The van der Waals surface area contributed by atoms with Crippen LogP contribution in [0, 0.1) is 6.92 Å². The lowest BCUT2D eigenvalue weighted by atomic mass is 10.1. The van der Waals surface area contributed by atoms with E-state index in [1.54, 1.807) is 25.0 Å². The molecule has 2 heterocycles.